The topological polar surface area (TPSA) is 57.4 Å². The average Bonchev–Trinajstić information content (AvgIpc) is 2.37. The second-order valence-electron chi connectivity index (χ2n) is 3.57. The summed E-state index contributed by atoms with van der Waals surface area (Å²) in [6.07, 6.45) is 3.33. The second kappa shape index (κ2) is 5.21. The third kappa shape index (κ3) is 2.87. The Morgan fingerprint density at radius 1 is 1.18 bits per heavy atom. The van der Waals surface area contributed by atoms with Crippen LogP contribution in [0, 0.1) is 0 Å². The second-order valence-corrected chi connectivity index (χ2v) is 3.57. The fourth-order valence-electron chi connectivity index (χ4n) is 1.49. The first-order chi connectivity index (χ1) is 8.29. The normalized spacial score (nSPS) is 9.94. The summed E-state index contributed by atoms with van der Waals surface area (Å²) in [5.41, 5.74) is 7.20. The van der Waals surface area contributed by atoms with Crippen LogP contribution in [-0.2, 0) is 6.61 Å². The lowest BCUT2D eigenvalue weighted by Gasteiger charge is -2.10. The average molecular weight is 230 g/mol. The lowest BCUT2D eigenvalue weighted by atomic mass is 10.3. The van der Waals surface area contributed by atoms with Gasteiger partial charge >= 0.3 is 0 Å². The number of pyridine rings is 1. The summed E-state index contributed by atoms with van der Waals surface area (Å²) in [4.78, 5) is 4.00. The number of benzene rings is 1. The molecule has 0 saturated carbocycles. The molecule has 1 aromatic carbocycles. The SMILES string of the molecule is COc1ccccc1OCc1cncc(N)c1. The number of para-hydroxylation sites is 2. The van der Waals surface area contributed by atoms with Gasteiger partial charge in [0.05, 0.1) is 12.8 Å². The van der Waals surface area contributed by atoms with Gasteiger partial charge in [0.1, 0.15) is 6.61 Å². The first-order valence-corrected chi connectivity index (χ1v) is 5.25. The Bertz CT molecular complexity index is 500. The van der Waals surface area contributed by atoms with E-state index in [1.807, 2.05) is 30.3 Å². The maximum Gasteiger partial charge on any atom is 0.161 e. The van der Waals surface area contributed by atoms with E-state index in [1.54, 1.807) is 19.5 Å². The van der Waals surface area contributed by atoms with Crippen LogP contribution < -0.4 is 15.2 Å². The predicted octanol–water partition coefficient (Wildman–Crippen LogP) is 2.25. The van der Waals surface area contributed by atoms with E-state index < -0.39 is 0 Å². The van der Waals surface area contributed by atoms with E-state index in [0.29, 0.717) is 23.8 Å². The molecule has 17 heavy (non-hydrogen) atoms. The van der Waals surface area contributed by atoms with E-state index in [1.165, 1.54) is 0 Å². The molecule has 0 saturated heterocycles. The van der Waals surface area contributed by atoms with E-state index in [0.717, 1.165) is 5.56 Å². The molecule has 0 aliphatic heterocycles. The largest absolute Gasteiger partial charge is 0.493 e. The maximum atomic E-state index is 5.65. The van der Waals surface area contributed by atoms with Crippen LogP contribution in [0.3, 0.4) is 0 Å². The lowest BCUT2D eigenvalue weighted by Crippen LogP contribution is -1.99. The molecule has 4 nitrogen and oxygen atoms in total. The van der Waals surface area contributed by atoms with E-state index in [4.69, 9.17) is 15.2 Å². The highest BCUT2D eigenvalue weighted by Gasteiger charge is 2.03. The fraction of sp³-hybridized carbons (Fsp3) is 0.154. The summed E-state index contributed by atoms with van der Waals surface area (Å²) in [6, 6.07) is 9.34. The van der Waals surface area contributed by atoms with Crippen molar-refractivity contribution in [1.29, 1.82) is 0 Å². The predicted molar refractivity (Wildman–Crippen MR) is 66.0 cm³/mol. The van der Waals surface area contributed by atoms with Crippen LogP contribution in [0.15, 0.2) is 42.7 Å². The third-order valence-electron chi connectivity index (χ3n) is 2.28. The van der Waals surface area contributed by atoms with E-state index in [9.17, 15) is 0 Å². The van der Waals surface area contributed by atoms with E-state index in [-0.39, 0.29) is 0 Å². The van der Waals surface area contributed by atoms with Gasteiger partial charge in [-0.25, -0.2) is 0 Å². The van der Waals surface area contributed by atoms with Crippen LogP contribution in [-0.4, -0.2) is 12.1 Å². The molecule has 0 unspecified atom stereocenters. The molecule has 0 amide bonds. The number of anilines is 1. The Morgan fingerprint density at radius 3 is 2.65 bits per heavy atom. The first-order valence-electron chi connectivity index (χ1n) is 5.25. The van der Waals surface area contributed by atoms with Crippen LogP contribution >= 0.6 is 0 Å². The van der Waals surface area contributed by atoms with Crippen molar-refractivity contribution in [2.45, 2.75) is 6.61 Å². The molecule has 0 fully saturated rings. The monoisotopic (exact) mass is 230 g/mol. The quantitative estimate of drug-likeness (QED) is 0.875. The molecular weight excluding hydrogens is 216 g/mol. The Morgan fingerprint density at radius 2 is 1.94 bits per heavy atom. The summed E-state index contributed by atoms with van der Waals surface area (Å²) >= 11 is 0. The van der Waals surface area contributed by atoms with Gasteiger partial charge in [-0.3, -0.25) is 4.98 Å². The number of nitrogens with zero attached hydrogens (tertiary/aromatic N) is 1. The fourth-order valence-corrected chi connectivity index (χ4v) is 1.49. The van der Waals surface area contributed by atoms with Crippen molar-refractivity contribution >= 4 is 5.69 Å². The standard InChI is InChI=1S/C13H14N2O2/c1-16-12-4-2-3-5-13(12)17-9-10-6-11(14)8-15-7-10/h2-8H,9,14H2,1H3. The zero-order valence-electron chi connectivity index (χ0n) is 9.59. The highest BCUT2D eigenvalue weighted by Crippen LogP contribution is 2.26. The van der Waals surface area contributed by atoms with Crippen molar-refractivity contribution in [3.63, 3.8) is 0 Å². The van der Waals surface area contributed by atoms with Crippen molar-refractivity contribution in [1.82, 2.24) is 4.98 Å². The van der Waals surface area contributed by atoms with Gasteiger partial charge in [-0.2, -0.15) is 0 Å². The summed E-state index contributed by atoms with van der Waals surface area (Å²) in [5.74, 6) is 1.42. The van der Waals surface area contributed by atoms with Crippen molar-refractivity contribution in [2.75, 3.05) is 12.8 Å². The molecule has 4 heteroatoms. The number of nitrogens with two attached hydrogens (primary N) is 1. The van der Waals surface area contributed by atoms with Gasteiger partial charge < -0.3 is 15.2 Å². The number of methoxy groups -OCH3 is 1. The first kappa shape index (κ1) is 11.3. The zero-order chi connectivity index (χ0) is 12.1. The number of aromatic nitrogens is 1. The molecule has 2 rings (SSSR count). The molecule has 0 aliphatic rings. The van der Waals surface area contributed by atoms with Crippen molar-refractivity contribution in [2.24, 2.45) is 0 Å². The van der Waals surface area contributed by atoms with Gasteiger partial charge in [0.2, 0.25) is 0 Å². The van der Waals surface area contributed by atoms with Gasteiger partial charge in [0.15, 0.2) is 11.5 Å². The number of ether oxygens (including phenoxy) is 2. The zero-order valence-corrected chi connectivity index (χ0v) is 9.59. The minimum atomic E-state index is 0.415. The van der Waals surface area contributed by atoms with Gasteiger partial charge in [0.25, 0.3) is 0 Å². The molecular formula is C13H14N2O2. The number of nitrogen functional groups attached to an aromatic ring is 1. The summed E-state index contributed by atoms with van der Waals surface area (Å²) in [5, 5.41) is 0. The number of hydrogen-bond donors (Lipinski definition) is 1. The van der Waals surface area contributed by atoms with Crippen LogP contribution in [0.25, 0.3) is 0 Å². The van der Waals surface area contributed by atoms with E-state index >= 15 is 0 Å². The molecule has 2 N–H and O–H groups in total. The van der Waals surface area contributed by atoms with Crippen molar-refractivity contribution in [3.8, 4) is 11.5 Å². The molecule has 0 aliphatic carbocycles. The van der Waals surface area contributed by atoms with Crippen LogP contribution in [0.2, 0.25) is 0 Å². The molecule has 1 aromatic heterocycles. The Balaban J connectivity index is 2.07. The van der Waals surface area contributed by atoms with Gasteiger partial charge in [-0.15, -0.1) is 0 Å². The molecule has 2 aromatic rings. The maximum absolute atomic E-state index is 5.65. The lowest BCUT2D eigenvalue weighted by molar-refractivity contribution is 0.284. The molecule has 0 bridgehead atoms. The van der Waals surface area contributed by atoms with Crippen molar-refractivity contribution in [3.05, 3.63) is 48.3 Å². The molecule has 0 spiro atoms. The number of hydrogen-bond acceptors (Lipinski definition) is 4. The Hall–Kier alpha value is -2.23. The molecule has 88 valence electrons. The third-order valence-corrected chi connectivity index (χ3v) is 2.28. The minimum absolute atomic E-state index is 0.415. The molecule has 0 atom stereocenters. The highest BCUT2D eigenvalue weighted by atomic mass is 16.5. The summed E-state index contributed by atoms with van der Waals surface area (Å²) in [6.45, 7) is 0.415. The highest BCUT2D eigenvalue weighted by molar-refractivity contribution is 5.40. The van der Waals surface area contributed by atoms with E-state index in [2.05, 4.69) is 4.98 Å². The van der Waals surface area contributed by atoms with Gasteiger partial charge in [-0.05, 0) is 18.2 Å². The van der Waals surface area contributed by atoms with Crippen LogP contribution in [0.4, 0.5) is 5.69 Å². The van der Waals surface area contributed by atoms with Crippen molar-refractivity contribution < 1.29 is 9.47 Å². The van der Waals surface area contributed by atoms with Gasteiger partial charge in [-0.1, -0.05) is 12.1 Å². The van der Waals surface area contributed by atoms with Crippen LogP contribution in [0.1, 0.15) is 5.56 Å². The Labute approximate surface area is 100 Å². The summed E-state index contributed by atoms with van der Waals surface area (Å²) in [7, 11) is 1.62. The molecule has 1 heterocycles. The Kier molecular flexibility index (Phi) is 3.45. The van der Waals surface area contributed by atoms with Gasteiger partial charge in [0, 0.05) is 18.0 Å². The van der Waals surface area contributed by atoms with Crippen LogP contribution in [0.5, 0.6) is 11.5 Å². The summed E-state index contributed by atoms with van der Waals surface area (Å²) < 4.78 is 10.8. The number of rotatable bonds is 4. The minimum Gasteiger partial charge on any atom is -0.493 e. The molecule has 0 radical (unpaired) electrons. The smallest absolute Gasteiger partial charge is 0.161 e.